The van der Waals surface area contributed by atoms with E-state index in [4.69, 9.17) is 25.6 Å². The molecule has 0 saturated heterocycles. The van der Waals surface area contributed by atoms with E-state index in [-0.39, 0.29) is 11.9 Å². The Labute approximate surface area is 208 Å². The molecule has 0 spiro atoms. The molecule has 2 aromatic carbocycles. The van der Waals surface area contributed by atoms with Gasteiger partial charge in [-0.3, -0.25) is 0 Å². The molecule has 0 radical (unpaired) electrons. The van der Waals surface area contributed by atoms with E-state index in [2.05, 4.69) is 30.8 Å². The van der Waals surface area contributed by atoms with Gasteiger partial charge in [-0.2, -0.15) is 0 Å². The maximum atomic E-state index is 11.1. The van der Waals surface area contributed by atoms with E-state index in [0.29, 0.717) is 40.3 Å². The topological polar surface area (TPSA) is 137 Å². The van der Waals surface area contributed by atoms with Crippen LogP contribution < -0.4 is 14.8 Å². The van der Waals surface area contributed by atoms with E-state index in [1.165, 1.54) is 13.4 Å². The fourth-order valence-electron chi connectivity index (χ4n) is 3.30. The second kappa shape index (κ2) is 11.2. The SMILES string of the molecule is COc1ccc(CS(=O)O)cc1Nc1ncc(-c2ccc(Cl)c(O[C@@H](C)Cn3cnnn3)c2)cn1. The Hall–Kier alpha value is -3.61. The molecule has 11 nitrogen and oxygen atoms in total. The minimum Gasteiger partial charge on any atom is -0.495 e. The third-order valence-corrected chi connectivity index (χ3v) is 5.77. The number of hydrogen-bond donors (Lipinski definition) is 2. The van der Waals surface area contributed by atoms with Crippen LogP contribution in [-0.2, 0) is 23.4 Å². The van der Waals surface area contributed by atoms with Crippen molar-refractivity contribution >= 4 is 34.3 Å². The average molecular weight is 516 g/mol. The number of aromatic nitrogens is 6. The van der Waals surface area contributed by atoms with Crippen molar-refractivity contribution in [1.82, 2.24) is 30.2 Å². The van der Waals surface area contributed by atoms with Crippen LogP contribution in [0.2, 0.25) is 5.02 Å². The summed E-state index contributed by atoms with van der Waals surface area (Å²) in [5.74, 6) is 1.43. The van der Waals surface area contributed by atoms with E-state index in [1.807, 2.05) is 19.1 Å². The zero-order chi connectivity index (χ0) is 24.8. The predicted molar refractivity (Wildman–Crippen MR) is 131 cm³/mol. The van der Waals surface area contributed by atoms with Crippen molar-refractivity contribution < 1.29 is 18.2 Å². The molecule has 2 N–H and O–H groups in total. The number of rotatable bonds is 10. The Morgan fingerprint density at radius 2 is 1.94 bits per heavy atom. The molecular weight excluding hydrogens is 494 g/mol. The van der Waals surface area contributed by atoms with Crippen LogP contribution in [0.25, 0.3) is 11.1 Å². The van der Waals surface area contributed by atoms with E-state index >= 15 is 0 Å². The molecule has 2 heterocycles. The third-order valence-electron chi connectivity index (χ3n) is 4.88. The lowest BCUT2D eigenvalue weighted by atomic mass is 10.1. The van der Waals surface area contributed by atoms with E-state index in [1.54, 1.807) is 41.3 Å². The quantitative estimate of drug-likeness (QED) is 0.300. The molecule has 2 aromatic heterocycles. The summed E-state index contributed by atoms with van der Waals surface area (Å²) in [6.07, 6.45) is 4.64. The van der Waals surface area contributed by atoms with Gasteiger partial charge in [0.25, 0.3) is 0 Å². The highest BCUT2D eigenvalue weighted by Gasteiger charge is 2.12. The average Bonchev–Trinajstić information content (AvgIpc) is 3.34. The Bertz CT molecular complexity index is 1310. The van der Waals surface area contributed by atoms with Crippen molar-refractivity contribution in [3.63, 3.8) is 0 Å². The summed E-state index contributed by atoms with van der Waals surface area (Å²) >= 11 is 4.39. The molecule has 0 aliphatic carbocycles. The standard InChI is InChI=1S/C22H22ClN7O4S/c1-14(11-30-13-26-28-29-30)34-21-8-16(4-5-18(21)23)17-9-24-22(25-10-17)27-19-7-15(12-35(31)32)3-6-20(19)33-2/h3-10,13-14H,11-12H2,1-2H3,(H,31,32)(H,24,25,27)/t14-/m0/s1. The Kier molecular flexibility index (Phi) is 7.85. The third kappa shape index (κ3) is 6.50. The lowest BCUT2D eigenvalue weighted by molar-refractivity contribution is 0.193. The van der Waals surface area contributed by atoms with Crippen molar-refractivity contribution in [2.75, 3.05) is 12.4 Å². The molecule has 4 rings (SSSR count). The molecule has 0 aliphatic rings. The second-order valence-electron chi connectivity index (χ2n) is 7.53. The van der Waals surface area contributed by atoms with Crippen LogP contribution in [-0.4, -0.2) is 52.2 Å². The lowest BCUT2D eigenvalue weighted by Gasteiger charge is -2.16. The predicted octanol–water partition coefficient (Wildman–Crippen LogP) is 3.72. The van der Waals surface area contributed by atoms with Gasteiger partial charge in [0.15, 0.2) is 11.1 Å². The van der Waals surface area contributed by atoms with Gasteiger partial charge in [0.05, 0.1) is 30.1 Å². The smallest absolute Gasteiger partial charge is 0.227 e. The highest BCUT2D eigenvalue weighted by Crippen LogP contribution is 2.32. The number of nitrogens with zero attached hydrogens (tertiary/aromatic N) is 6. The Morgan fingerprint density at radius 3 is 2.63 bits per heavy atom. The molecule has 0 bridgehead atoms. The highest BCUT2D eigenvalue weighted by molar-refractivity contribution is 7.78. The fourth-order valence-corrected chi connectivity index (χ4v) is 3.93. The number of ether oxygens (including phenoxy) is 2. The summed E-state index contributed by atoms with van der Waals surface area (Å²) in [6, 6.07) is 10.6. The molecule has 2 atom stereocenters. The number of benzene rings is 2. The normalized spacial score (nSPS) is 12.7. The van der Waals surface area contributed by atoms with Crippen LogP contribution in [0.1, 0.15) is 12.5 Å². The zero-order valence-electron chi connectivity index (χ0n) is 18.8. The van der Waals surface area contributed by atoms with Crippen LogP contribution >= 0.6 is 11.6 Å². The van der Waals surface area contributed by atoms with E-state index < -0.39 is 11.1 Å². The Balaban J connectivity index is 1.49. The summed E-state index contributed by atoms with van der Waals surface area (Å²) in [7, 11) is 1.54. The highest BCUT2D eigenvalue weighted by atomic mass is 35.5. The van der Waals surface area contributed by atoms with Crippen LogP contribution in [0, 0.1) is 0 Å². The van der Waals surface area contributed by atoms with Gasteiger partial charge in [-0.05, 0) is 52.7 Å². The number of methoxy groups -OCH3 is 1. The molecular formula is C22H22ClN7O4S. The van der Waals surface area contributed by atoms with Gasteiger partial charge in [0.2, 0.25) is 5.95 Å². The van der Waals surface area contributed by atoms with Crippen molar-refractivity contribution in [2.24, 2.45) is 0 Å². The molecule has 0 amide bonds. The molecule has 13 heteroatoms. The van der Waals surface area contributed by atoms with Crippen molar-refractivity contribution in [3.05, 3.63) is 65.7 Å². The van der Waals surface area contributed by atoms with Gasteiger partial charge >= 0.3 is 0 Å². The summed E-state index contributed by atoms with van der Waals surface area (Å²) in [5, 5.41) is 14.6. The molecule has 0 saturated carbocycles. The van der Waals surface area contributed by atoms with Gasteiger partial charge < -0.3 is 19.3 Å². The first-order valence-corrected chi connectivity index (χ1v) is 12.1. The van der Waals surface area contributed by atoms with Crippen molar-refractivity contribution in [3.8, 4) is 22.6 Å². The maximum absolute atomic E-state index is 11.1. The summed E-state index contributed by atoms with van der Waals surface area (Å²) in [4.78, 5) is 8.79. The number of hydrogen-bond acceptors (Lipinski definition) is 9. The largest absolute Gasteiger partial charge is 0.495 e. The van der Waals surface area contributed by atoms with Crippen LogP contribution in [0.3, 0.4) is 0 Å². The summed E-state index contributed by atoms with van der Waals surface area (Å²) < 4.78 is 33.2. The van der Waals surface area contributed by atoms with E-state index in [0.717, 1.165) is 11.1 Å². The molecule has 1 unspecified atom stereocenters. The Morgan fingerprint density at radius 1 is 1.14 bits per heavy atom. The van der Waals surface area contributed by atoms with Crippen LogP contribution in [0.4, 0.5) is 11.6 Å². The lowest BCUT2D eigenvalue weighted by Crippen LogP contribution is -2.20. The van der Waals surface area contributed by atoms with Crippen LogP contribution in [0.15, 0.2) is 55.1 Å². The van der Waals surface area contributed by atoms with E-state index in [9.17, 15) is 4.21 Å². The maximum Gasteiger partial charge on any atom is 0.227 e. The number of nitrogens with one attached hydrogen (secondary N) is 1. The van der Waals surface area contributed by atoms with Crippen LogP contribution in [0.5, 0.6) is 11.5 Å². The summed E-state index contributed by atoms with van der Waals surface area (Å²) in [5.41, 5.74) is 2.85. The molecule has 4 aromatic rings. The second-order valence-corrected chi connectivity index (χ2v) is 8.87. The minimum atomic E-state index is -1.95. The molecule has 35 heavy (non-hydrogen) atoms. The van der Waals surface area contributed by atoms with Gasteiger partial charge in [-0.15, -0.1) is 5.10 Å². The first kappa shape index (κ1) is 24.5. The fraction of sp³-hybridized carbons (Fsp3) is 0.227. The minimum absolute atomic E-state index is 0.00772. The number of tetrazole rings is 1. The monoisotopic (exact) mass is 515 g/mol. The molecule has 0 aliphatic heterocycles. The first-order chi connectivity index (χ1) is 16.9. The zero-order valence-corrected chi connectivity index (χ0v) is 20.4. The molecule has 182 valence electrons. The molecule has 0 fully saturated rings. The van der Waals surface area contributed by atoms with Gasteiger partial charge in [-0.25, -0.2) is 18.9 Å². The van der Waals surface area contributed by atoms with Gasteiger partial charge in [0.1, 0.15) is 23.9 Å². The first-order valence-electron chi connectivity index (χ1n) is 10.4. The number of halogens is 1. The van der Waals surface area contributed by atoms with Gasteiger partial charge in [-0.1, -0.05) is 23.7 Å². The van der Waals surface area contributed by atoms with Gasteiger partial charge in [0, 0.05) is 18.0 Å². The summed E-state index contributed by atoms with van der Waals surface area (Å²) in [6.45, 7) is 2.37. The van der Waals surface area contributed by atoms with Crippen molar-refractivity contribution in [2.45, 2.75) is 25.3 Å². The number of anilines is 2. The van der Waals surface area contributed by atoms with Crippen molar-refractivity contribution in [1.29, 1.82) is 0 Å².